The number of halogens is 1. The number of fused-ring (bicyclic) bond motifs is 3. The van der Waals surface area contributed by atoms with Crippen LogP contribution in [0.2, 0.25) is 0 Å². The summed E-state index contributed by atoms with van der Waals surface area (Å²) in [5.74, 6) is -2.01. The maximum atomic E-state index is 15.3. The molecule has 1 fully saturated rings. The van der Waals surface area contributed by atoms with Crippen LogP contribution in [-0.4, -0.2) is 66.3 Å². The van der Waals surface area contributed by atoms with Gasteiger partial charge in [-0.2, -0.15) is 0 Å². The molecule has 0 unspecified atom stereocenters. The van der Waals surface area contributed by atoms with Gasteiger partial charge in [0.2, 0.25) is 5.43 Å². The van der Waals surface area contributed by atoms with Crippen molar-refractivity contribution in [1.82, 2.24) is 4.40 Å². The minimum Gasteiger partial charge on any atom is -0.477 e. The summed E-state index contributed by atoms with van der Waals surface area (Å²) in [5.41, 5.74) is -0.103. The number of thiazole rings is 1. The second-order valence-corrected chi connectivity index (χ2v) is 7.51. The summed E-state index contributed by atoms with van der Waals surface area (Å²) < 4.78 is 22.3. The van der Waals surface area contributed by atoms with Crippen molar-refractivity contribution in [2.24, 2.45) is 4.99 Å². The fraction of sp³-hybridized carbons (Fsp3) is 0.316. The number of benzene rings is 1. The lowest BCUT2D eigenvalue weighted by Gasteiger charge is -2.35. The quantitative estimate of drug-likeness (QED) is 0.623. The number of ether oxygens (including phenoxy) is 1. The minimum absolute atomic E-state index is 0.0265. The zero-order valence-electron chi connectivity index (χ0n) is 15.5. The Hall–Kier alpha value is -2.82. The number of aromatic carboxylic acids is 1. The van der Waals surface area contributed by atoms with Crippen molar-refractivity contribution in [3.63, 3.8) is 0 Å². The highest BCUT2D eigenvalue weighted by Gasteiger charge is 2.28. The molecular formula is C19H18FN3O5S. The second-order valence-electron chi connectivity index (χ2n) is 6.61. The molecule has 1 aliphatic rings. The molecule has 0 radical (unpaired) electrons. The molecule has 1 atom stereocenters. The first-order valence-corrected chi connectivity index (χ1v) is 9.76. The summed E-state index contributed by atoms with van der Waals surface area (Å²) in [6, 6.07) is 1.08. The van der Waals surface area contributed by atoms with E-state index in [2.05, 4.69) is 4.99 Å². The molecule has 2 aromatic heterocycles. The molecule has 29 heavy (non-hydrogen) atoms. The number of aliphatic hydroxyl groups excluding tert-OH is 1. The summed E-state index contributed by atoms with van der Waals surface area (Å²) in [7, 11) is 1.54. The van der Waals surface area contributed by atoms with Gasteiger partial charge in [0.15, 0.2) is 0 Å². The van der Waals surface area contributed by atoms with Crippen LogP contribution in [-0.2, 0) is 4.74 Å². The Morgan fingerprint density at radius 1 is 1.52 bits per heavy atom. The third kappa shape index (κ3) is 3.09. The van der Waals surface area contributed by atoms with Crippen LogP contribution in [0.4, 0.5) is 10.1 Å². The SMILES string of the molecule is CN=Cc1c(N2CCO[C@@H](CO)C2)c(F)cc2c(=O)c(C(=O)O)c3sccn3c12. The summed E-state index contributed by atoms with van der Waals surface area (Å²) in [6.45, 7) is 0.799. The number of rotatable bonds is 4. The van der Waals surface area contributed by atoms with Gasteiger partial charge in [0.25, 0.3) is 0 Å². The van der Waals surface area contributed by atoms with Crippen LogP contribution in [0.5, 0.6) is 0 Å². The van der Waals surface area contributed by atoms with Gasteiger partial charge in [-0.3, -0.25) is 9.79 Å². The molecule has 3 aromatic rings. The van der Waals surface area contributed by atoms with Crippen molar-refractivity contribution in [2.75, 3.05) is 38.3 Å². The molecule has 3 heterocycles. The lowest BCUT2D eigenvalue weighted by molar-refractivity contribution is 0.00341. The van der Waals surface area contributed by atoms with Gasteiger partial charge in [-0.05, 0) is 6.07 Å². The molecule has 1 aliphatic heterocycles. The van der Waals surface area contributed by atoms with Crippen LogP contribution in [0.1, 0.15) is 15.9 Å². The number of pyridine rings is 1. The third-order valence-electron chi connectivity index (χ3n) is 4.93. The average Bonchev–Trinajstić information content (AvgIpc) is 3.17. The molecule has 1 saturated heterocycles. The molecule has 0 bridgehead atoms. The lowest BCUT2D eigenvalue weighted by Crippen LogP contribution is -2.45. The molecule has 0 aliphatic carbocycles. The van der Waals surface area contributed by atoms with E-state index in [9.17, 15) is 19.8 Å². The summed E-state index contributed by atoms with van der Waals surface area (Å²) in [4.78, 5) is 30.7. The van der Waals surface area contributed by atoms with Gasteiger partial charge in [0.05, 0.1) is 35.9 Å². The Balaban J connectivity index is 2.11. The molecule has 4 rings (SSSR count). The smallest absolute Gasteiger partial charge is 0.342 e. The standard InChI is InChI=1S/C19H18FN3O5S/c1-21-7-12-15-11(17(25)14(19(26)27)18-23(15)3-5-29-18)6-13(20)16(12)22-2-4-28-10(8-22)9-24/h3,5-7,10,24H,2,4,8-9H2,1H3,(H,26,27)/t10-/m1/s1. The normalized spacial score (nSPS) is 17.6. The molecule has 0 spiro atoms. The number of aromatic nitrogens is 1. The van der Waals surface area contributed by atoms with Crippen LogP contribution in [0.3, 0.4) is 0 Å². The monoisotopic (exact) mass is 419 g/mol. The highest BCUT2D eigenvalue weighted by Crippen LogP contribution is 2.33. The van der Waals surface area contributed by atoms with E-state index in [1.165, 1.54) is 13.3 Å². The molecule has 152 valence electrons. The topological polar surface area (TPSA) is 104 Å². The highest BCUT2D eigenvalue weighted by atomic mass is 32.1. The van der Waals surface area contributed by atoms with E-state index >= 15 is 4.39 Å². The molecule has 0 amide bonds. The van der Waals surface area contributed by atoms with Gasteiger partial charge in [0.1, 0.15) is 16.2 Å². The van der Waals surface area contributed by atoms with E-state index in [1.807, 2.05) is 0 Å². The molecule has 0 saturated carbocycles. The van der Waals surface area contributed by atoms with Crippen molar-refractivity contribution in [2.45, 2.75) is 6.10 Å². The van der Waals surface area contributed by atoms with E-state index in [0.717, 1.165) is 17.4 Å². The predicted octanol–water partition coefficient (Wildman–Crippen LogP) is 1.60. The van der Waals surface area contributed by atoms with Crippen molar-refractivity contribution in [1.29, 1.82) is 0 Å². The number of carboxylic acid groups (broad SMARTS) is 1. The average molecular weight is 419 g/mol. The predicted molar refractivity (Wildman–Crippen MR) is 109 cm³/mol. The molecular weight excluding hydrogens is 401 g/mol. The van der Waals surface area contributed by atoms with E-state index in [-0.39, 0.29) is 34.6 Å². The number of nitrogens with zero attached hydrogens (tertiary/aromatic N) is 3. The first-order chi connectivity index (χ1) is 14.0. The zero-order valence-corrected chi connectivity index (χ0v) is 16.3. The fourth-order valence-corrected chi connectivity index (χ4v) is 4.62. The maximum absolute atomic E-state index is 15.3. The molecule has 10 heteroatoms. The van der Waals surface area contributed by atoms with Crippen molar-refractivity contribution in [3.8, 4) is 0 Å². The largest absolute Gasteiger partial charge is 0.477 e. The van der Waals surface area contributed by atoms with Crippen molar-refractivity contribution < 1.29 is 24.1 Å². The highest BCUT2D eigenvalue weighted by molar-refractivity contribution is 7.16. The zero-order chi connectivity index (χ0) is 20.7. The number of aliphatic hydroxyl groups is 1. The Labute approximate surface area is 168 Å². The molecule has 8 nitrogen and oxygen atoms in total. The van der Waals surface area contributed by atoms with E-state index in [4.69, 9.17) is 4.74 Å². The van der Waals surface area contributed by atoms with E-state index < -0.39 is 23.3 Å². The number of morpholine rings is 1. The summed E-state index contributed by atoms with van der Waals surface area (Å²) in [6.07, 6.45) is 2.66. The van der Waals surface area contributed by atoms with Crippen LogP contribution in [0.15, 0.2) is 27.4 Å². The van der Waals surface area contributed by atoms with Gasteiger partial charge in [-0.1, -0.05) is 0 Å². The van der Waals surface area contributed by atoms with Crippen LogP contribution < -0.4 is 10.3 Å². The van der Waals surface area contributed by atoms with Gasteiger partial charge in [-0.25, -0.2) is 9.18 Å². The summed E-state index contributed by atoms with van der Waals surface area (Å²) in [5, 5.41) is 20.6. The maximum Gasteiger partial charge on any atom is 0.342 e. The number of hydrogen-bond acceptors (Lipinski definition) is 7. The van der Waals surface area contributed by atoms with Crippen LogP contribution in [0.25, 0.3) is 15.7 Å². The van der Waals surface area contributed by atoms with Crippen LogP contribution in [0, 0.1) is 5.82 Å². The third-order valence-corrected chi connectivity index (χ3v) is 5.81. The van der Waals surface area contributed by atoms with Crippen molar-refractivity contribution >= 4 is 44.9 Å². The van der Waals surface area contributed by atoms with Gasteiger partial charge in [0, 0.05) is 43.5 Å². The van der Waals surface area contributed by atoms with Gasteiger partial charge < -0.3 is 24.3 Å². The number of anilines is 1. The molecule has 1 aromatic carbocycles. The first-order valence-electron chi connectivity index (χ1n) is 8.88. The molecule has 2 N–H and O–H groups in total. The Morgan fingerprint density at radius 2 is 2.31 bits per heavy atom. The summed E-state index contributed by atoms with van der Waals surface area (Å²) >= 11 is 1.12. The van der Waals surface area contributed by atoms with Gasteiger partial charge in [-0.15, -0.1) is 11.3 Å². The Bertz CT molecular complexity index is 1200. The number of hydrogen-bond donors (Lipinski definition) is 2. The van der Waals surface area contributed by atoms with Crippen LogP contribution >= 0.6 is 11.3 Å². The fourth-order valence-electron chi connectivity index (χ4n) is 3.74. The van der Waals surface area contributed by atoms with Gasteiger partial charge >= 0.3 is 5.97 Å². The Morgan fingerprint density at radius 3 is 3.00 bits per heavy atom. The first kappa shape index (κ1) is 19.5. The minimum atomic E-state index is -1.36. The lowest BCUT2D eigenvalue weighted by atomic mass is 10.0. The number of carboxylic acids is 1. The number of carbonyl (C=O) groups is 1. The van der Waals surface area contributed by atoms with E-state index in [1.54, 1.807) is 20.9 Å². The second kappa shape index (κ2) is 7.54. The Kier molecular flexibility index (Phi) is 5.07. The van der Waals surface area contributed by atoms with Crippen molar-refractivity contribution in [3.05, 3.63) is 44.8 Å². The number of aliphatic imine (C=N–C) groups is 1. The van der Waals surface area contributed by atoms with E-state index in [0.29, 0.717) is 24.2 Å².